The molecule has 1 aliphatic rings. The Balaban J connectivity index is 2.16. The van der Waals surface area contributed by atoms with Crippen molar-refractivity contribution in [3.63, 3.8) is 0 Å². The highest BCUT2D eigenvalue weighted by Gasteiger charge is 2.25. The van der Waals surface area contributed by atoms with E-state index in [0.717, 1.165) is 6.42 Å². The minimum absolute atomic E-state index is 0.119. The molecule has 0 atom stereocenters. The highest BCUT2D eigenvalue weighted by atomic mass is 19.3. The third-order valence-corrected chi connectivity index (χ3v) is 2.50. The van der Waals surface area contributed by atoms with Gasteiger partial charge in [0.2, 0.25) is 0 Å². The van der Waals surface area contributed by atoms with Gasteiger partial charge in [0.15, 0.2) is 5.76 Å². The van der Waals surface area contributed by atoms with E-state index in [2.05, 4.69) is 0 Å². The summed E-state index contributed by atoms with van der Waals surface area (Å²) < 4.78 is 30.0. The van der Waals surface area contributed by atoms with Gasteiger partial charge in [-0.15, -0.1) is 0 Å². The van der Waals surface area contributed by atoms with E-state index in [1.165, 1.54) is 12.8 Å². The Morgan fingerprint density at radius 3 is 2.64 bits per heavy atom. The van der Waals surface area contributed by atoms with E-state index in [0.29, 0.717) is 17.2 Å². The fourth-order valence-electron chi connectivity index (χ4n) is 1.55. The normalized spacial score (nSPS) is 16.6. The van der Waals surface area contributed by atoms with Crippen molar-refractivity contribution < 1.29 is 13.2 Å². The van der Waals surface area contributed by atoms with Gasteiger partial charge in [-0.2, -0.15) is 0 Å². The van der Waals surface area contributed by atoms with Gasteiger partial charge < -0.3 is 10.2 Å². The van der Waals surface area contributed by atoms with E-state index in [-0.39, 0.29) is 12.3 Å². The average molecular weight is 201 g/mol. The largest absolute Gasteiger partial charge is 0.460 e. The highest BCUT2D eigenvalue weighted by molar-refractivity contribution is 5.23. The molecule has 0 bridgehead atoms. The second kappa shape index (κ2) is 3.69. The van der Waals surface area contributed by atoms with Crippen molar-refractivity contribution in [2.75, 3.05) is 0 Å². The Kier molecular flexibility index (Phi) is 2.54. The lowest BCUT2D eigenvalue weighted by molar-refractivity contribution is 0.118. The fourth-order valence-corrected chi connectivity index (χ4v) is 1.55. The summed E-state index contributed by atoms with van der Waals surface area (Å²) in [6.45, 7) is 0.119. The maximum absolute atomic E-state index is 12.4. The van der Waals surface area contributed by atoms with Crippen LogP contribution in [0.4, 0.5) is 8.78 Å². The summed E-state index contributed by atoms with van der Waals surface area (Å²) >= 11 is 0. The second-order valence-electron chi connectivity index (χ2n) is 3.75. The number of rotatable bonds is 4. The standard InChI is InChI=1S/C10H13F2NO/c11-10(12)9-7(5-13)4-8(14-9)3-6-1-2-6/h4,6,10H,1-3,5,13H2. The number of alkyl halides is 2. The van der Waals surface area contributed by atoms with Crippen molar-refractivity contribution in [1.29, 1.82) is 0 Å². The third-order valence-electron chi connectivity index (χ3n) is 2.50. The molecule has 1 saturated carbocycles. The van der Waals surface area contributed by atoms with Crippen LogP contribution in [-0.2, 0) is 13.0 Å². The predicted molar refractivity (Wildman–Crippen MR) is 48.0 cm³/mol. The van der Waals surface area contributed by atoms with Crippen LogP contribution in [0.15, 0.2) is 10.5 Å². The van der Waals surface area contributed by atoms with E-state index in [1.54, 1.807) is 6.07 Å². The fraction of sp³-hybridized carbons (Fsp3) is 0.600. The number of nitrogens with two attached hydrogens (primary N) is 1. The van der Waals surface area contributed by atoms with Gasteiger partial charge in [-0.1, -0.05) is 0 Å². The van der Waals surface area contributed by atoms with Crippen LogP contribution in [0.1, 0.15) is 36.4 Å². The predicted octanol–water partition coefficient (Wildman–Crippen LogP) is 2.63. The Morgan fingerprint density at radius 2 is 2.21 bits per heavy atom. The van der Waals surface area contributed by atoms with Gasteiger partial charge in [-0.05, 0) is 24.8 Å². The molecule has 0 aliphatic heterocycles. The van der Waals surface area contributed by atoms with Crippen molar-refractivity contribution in [1.82, 2.24) is 0 Å². The van der Waals surface area contributed by atoms with E-state index >= 15 is 0 Å². The molecule has 1 aliphatic carbocycles. The van der Waals surface area contributed by atoms with Gasteiger partial charge in [0.25, 0.3) is 6.43 Å². The monoisotopic (exact) mass is 201 g/mol. The van der Waals surface area contributed by atoms with Crippen LogP contribution in [0.5, 0.6) is 0 Å². The lowest BCUT2D eigenvalue weighted by Gasteiger charge is -1.96. The van der Waals surface area contributed by atoms with Crippen LogP contribution in [0.25, 0.3) is 0 Å². The number of hydrogen-bond donors (Lipinski definition) is 1. The minimum atomic E-state index is -2.55. The molecule has 78 valence electrons. The number of hydrogen-bond acceptors (Lipinski definition) is 2. The van der Waals surface area contributed by atoms with Gasteiger partial charge >= 0.3 is 0 Å². The zero-order valence-corrected chi connectivity index (χ0v) is 7.80. The Labute approximate surface area is 81.1 Å². The zero-order chi connectivity index (χ0) is 10.1. The first-order valence-electron chi connectivity index (χ1n) is 4.80. The molecule has 1 aromatic rings. The molecule has 2 rings (SSSR count). The zero-order valence-electron chi connectivity index (χ0n) is 7.80. The number of furan rings is 1. The first-order chi connectivity index (χ1) is 6.70. The molecular weight excluding hydrogens is 188 g/mol. The molecule has 1 heterocycles. The quantitative estimate of drug-likeness (QED) is 0.813. The van der Waals surface area contributed by atoms with Crippen LogP contribution >= 0.6 is 0 Å². The van der Waals surface area contributed by atoms with E-state index < -0.39 is 6.43 Å². The van der Waals surface area contributed by atoms with Gasteiger partial charge in [-0.25, -0.2) is 8.78 Å². The maximum atomic E-state index is 12.4. The van der Waals surface area contributed by atoms with Crippen molar-refractivity contribution in [2.45, 2.75) is 32.2 Å². The first-order valence-corrected chi connectivity index (χ1v) is 4.80. The third kappa shape index (κ3) is 1.95. The van der Waals surface area contributed by atoms with Crippen LogP contribution < -0.4 is 5.73 Å². The van der Waals surface area contributed by atoms with Crippen LogP contribution in [0.2, 0.25) is 0 Å². The molecule has 0 spiro atoms. The first kappa shape index (κ1) is 9.65. The summed E-state index contributed by atoms with van der Waals surface area (Å²) in [5.41, 5.74) is 5.80. The van der Waals surface area contributed by atoms with Crippen molar-refractivity contribution in [2.24, 2.45) is 11.7 Å². The van der Waals surface area contributed by atoms with Gasteiger partial charge in [0, 0.05) is 18.5 Å². The molecule has 14 heavy (non-hydrogen) atoms. The summed E-state index contributed by atoms with van der Waals surface area (Å²) in [5.74, 6) is 1.05. The summed E-state index contributed by atoms with van der Waals surface area (Å²) in [4.78, 5) is 0. The van der Waals surface area contributed by atoms with E-state index in [4.69, 9.17) is 10.2 Å². The van der Waals surface area contributed by atoms with Crippen molar-refractivity contribution in [3.05, 3.63) is 23.2 Å². The minimum Gasteiger partial charge on any atom is -0.460 e. The molecule has 2 N–H and O–H groups in total. The maximum Gasteiger partial charge on any atom is 0.295 e. The molecule has 0 saturated heterocycles. The van der Waals surface area contributed by atoms with E-state index in [9.17, 15) is 8.78 Å². The molecule has 0 unspecified atom stereocenters. The topological polar surface area (TPSA) is 39.2 Å². The van der Waals surface area contributed by atoms with Gasteiger partial charge in [0.1, 0.15) is 5.76 Å². The van der Waals surface area contributed by atoms with E-state index in [1.807, 2.05) is 0 Å². The molecule has 0 radical (unpaired) electrons. The van der Waals surface area contributed by atoms with Gasteiger partial charge in [-0.3, -0.25) is 0 Å². The molecule has 0 amide bonds. The highest BCUT2D eigenvalue weighted by Crippen LogP contribution is 2.35. The van der Waals surface area contributed by atoms with Gasteiger partial charge in [0.05, 0.1) is 0 Å². The molecular formula is C10H13F2NO. The van der Waals surface area contributed by atoms with Crippen LogP contribution in [0.3, 0.4) is 0 Å². The molecule has 0 aromatic carbocycles. The van der Waals surface area contributed by atoms with Crippen LogP contribution in [0, 0.1) is 5.92 Å². The van der Waals surface area contributed by atoms with Crippen LogP contribution in [-0.4, -0.2) is 0 Å². The summed E-state index contributed by atoms with van der Waals surface area (Å²) in [7, 11) is 0. The number of halogens is 2. The lowest BCUT2D eigenvalue weighted by Crippen LogP contribution is -1.98. The Morgan fingerprint density at radius 1 is 1.50 bits per heavy atom. The summed E-state index contributed by atoms with van der Waals surface area (Å²) in [6, 6.07) is 1.67. The smallest absolute Gasteiger partial charge is 0.295 e. The summed E-state index contributed by atoms with van der Waals surface area (Å²) in [5, 5.41) is 0. The molecule has 4 heteroatoms. The Hall–Kier alpha value is -0.900. The average Bonchev–Trinajstić information content (AvgIpc) is 2.83. The SMILES string of the molecule is NCc1cc(CC2CC2)oc1C(F)F. The molecule has 1 aromatic heterocycles. The van der Waals surface area contributed by atoms with Crippen molar-refractivity contribution in [3.8, 4) is 0 Å². The summed E-state index contributed by atoms with van der Waals surface area (Å²) in [6.07, 6.45) is 0.590. The van der Waals surface area contributed by atoms with Crippen molar-refractivity contribution >= 4 is 0 Å². The lowest BCUT2D eigenvalue weighted by atomic mass is 10.2. The Bertz CT molecular complexity index is 318. The molecule has 1 fully saturated rings. The second-order valence-corrected chi connectivity index (χ2v) is 3.75. The molecule has 2 nitrogen and oxygen atoms in total.